The largest absolute Gasteiger partial charge is 0.352 e. The van der Waals surface area contributed by atoms with E-state index in [0.717, 1.165) is 5.56 Å². The molecular formula is C23H21FN2O2. The molecule has 2 N–H and O–H groups in total. The number of amides is 2. The van der Waals surface area contributed by atoms with Crippen LogP contribution in [0.5, 0.6) is 0 Å². The highest BCUT2D eigenvalue weighted by atomic mass is 19.1. The summed E-state index contributed by atoms with van der Waals surface area (Å²) in [6, 6.07) is 23.8. The maximum Gasteiger partial charge on any atom is 0.251 e. The van der Waals surface area contributed by atoms with E-state index in [0.29, 0.717) is 11.1 Å². The Morgan fingerprint density at radius 2 is 1.54 bits per heavy atom. The molecule has 0 saturated carbocycles. The minimum Gasteiger partial charge on any atom is -0.352 e. The molecule has 0 radical (unpaired) electrons. The van der Waals surface area contributed by atoms with Crippen molar-refractivity contribution >= 4 is 11.8 Å². The monoisotopic (exact) mass is 376 g/mol. The molecule has 1 atom stereocenters. The molecule has 0 bridgehead atoms. The lowest BCUT2D eigenvalue weighted by Crippen LogP contribution is -2.33. The zero-order chi connectivity index (χ0) is 19.8. The fourth-order valence-corrected chi connectivity index (χ4v) is 2.87. The molecule has 0 aliphatic rings. The number of hydrogen-bond acceptors (Lipinski definition) is 2. The van der Waals surface area contributed by atoms with Crippen LogP contribution in [0.3, 0.4) is 0 Å². The lowest BCUT2D eigenvalue weighted by atomic mass is 10.0. The van der Waals surface area contributed by atoms with Gasteiger partial charge in [-0.1, -0.05) is 60.7 Å². The normalized spacial score (nSPS) is 11.5. The summed E-state index contributed by atoms with van der Waals surface area (Å²) in [5.74, 6) is -0.817. The lowest BCUT2D eigenvalue weighted by Gasteiger charge is -2.19. The van der Waals surface area contributed by atoms with Crippen LogP contribution in [0.4, 0.5) is 4.39 Å². The summed E-state index contributed by atoms with van der Waals surface area (Å²) in [4.78, 5) is 25.0. The number of benzene rings is 3. The van der Waals surface area contributed by atoms with E-state index < -0.39 is 6.04 Å². The number of carbonyl (C=O) groups excluding carboxylic acids is 2. The molecule has 0 heterocycles. The zero-order valence-corrected chi connectivity index (χ0v) is 15.3. The Morgan fingerprint density at radius 3 is 2.21 bits per heavy atom. The van der Waals surface area contributed by atoms with Gasteiger partial charge in [-0.3, -0.25) is 9.59 Å². The lowest BCUT2D eigenvalue weighted by molar-refractivity contribution is -0.121. The number of hydrogen-bond donors (Lipinski definition) is 2. The predicted molar refractivity (Wildman–Crippen MR) is 106 cm³/mol. The van der Waals surface area contributed by atoms with Crippen molar-refractivity contribution in [1.29, 1.82) is 0 Å². The number of rotatable bonds is 7. The maximum atomic E-state index is 13.3. The number of nitrogens with one attached hydrogen (secondary N) is 2. The van der Waals surface area contributed by atoms with Gasteiger partial charge in [-0.2, -0.15) is 0 Å². The number of carbonyl (C=O) groups is 2. The van der Waals surface area contributed by atoms with Crippen LogP contribution >= 0.6 is 0 Å². The summed E-state index contributed by atoms with van der Waals surface area (Å²) in [6.07, 6.45) is 0.0813. The van der Waals surface area contributed by atoms with E-state index in [1.807, 2.05) is 36.4 Å². The first-order valence-electron chi connectivity index (χ1n) is 9.04. The second-order valence-electron chi connectivity index (χ2n) is 6.41. The SMILES string of the molecule is O=C(CC(NC(=O)c1ccccc1)c1ccccc1)NCc1cccc(F)c1. The molecule has 142 valence electrons. The molecule has 3 rings (SSSR count). The van der Waals surface area contributed by atoms with Crippen molar-refractivity contribution in [3.8, 4) is 0 Å². The maximum absolute atomic E-state index is 13.3. The van der Waals surface area contributed by atoms with Crippen molar-refractivity contribution in [1.82, 2.24) is 10.6 Å². The van der Waals surface area contributed by atoms with E-state index in [1.165, 1.54) is 12.1 Å². The highest BCUT2D eigenvalue weighted by Gasteiger charge is 2.19. The smallest absolute Gasteiger partial charge is 0.251 e. The van der Waals surface area contributed by atoms with E-state index >= 15 is 0 Å². The van der Waals surface area contributed by atoms with Crippen LogP contribution in [0, 0.1) is 5.82 Å². The first kappa shape index (κ1) is 19.3. The molecule has 4 nitrogen and oxygen atoms in total. The van der Waals surface area contributed by atoms with Crippen LogP contribution < -0.4 is 10.6 Å². The van der Waals surface area contributed by atoms with Gasteiger partial charge in [-0.15, -0.1) is 0 Å². The summed E-state index contributed by atoms with van der Waals surface area (Å²) >= 11 is 0. The molecule has 0 aromatic heterocycles. The Balaban J connectivity index is 1.67. The first-order valence-corrected chi connectivity index (χ1v) is 9.04. The van der Waals surface area contributed by atoms with Crippen molar-refractivity contribution in [2.75, 3.05) is 0 Å². The van der Waals surface area contributed by atoms with Crippen molar-refractivity contribution in [3.05, 3.63) is 107 Å². The van der Waals surface area contributed by atoms with E-state index in [-0.39, 0.29) is 30.6 Å². The molecule has 0 fully saturated rings. The Kier molecular flexibility index (Phi) is 6.52. The quantitative estimate of drug-likeness (QED) is 0.655. The van der Waals surface area contributed by atoms with E-state index in [1.54, 1.807) is 36.4 Å². The third-order valence-electron chi connectivity index (χ3n) is 4.31. The molecule has 0 spiro atoms. The van der Waals surface area contributed by atoms with Crippen molar-refractivity contribution < 1.29 is 14.0 Å². The molecule has 0 saturated heterocycles. The third kappa shape index (κ3) is 5.51. The van der Waals surface area contributed by atoms with Crippen molar-refractivity contribution in [2.45, 2.75) is 19.0 Å². The molecule has 3 aromatic carbocycles. The zero-order valence-electron chi connectivity index (χ0n) is 15.3. The van der Waals surface area contributed by atoms with Gasteiger partial charge >= 0.3 is 0 Å². The van der Waals surface area contributed by atoms with Gasteiger partial charge in [0.15, 0.2) is 0 Å². The Bertz CT molecular complexity index is 930. The van der Waals surface area contributed by atoms with Crippen LogP contribution in [-0.2, 0) is 11.3 Å². The van der Waals surface area contributed by atoms with Crippen molar-refractivity contribution in [2.24, 2.45) is 0 Å². The van der Waals surface area contributed by atoms with Crippen LogP contribution in [0.25, 0.3) is 0 Å². The second-order valence-corrected chi connectivity index (χ2v) is 6.41. The minimum absolute atomic E-state index is 0.0813. The van der Waals surface area contributed by atoms with Gasteiger partial charge in [0.1, 0.15) is 5.82 Å². The van der Waals surface area contributed by atoms with Gasteiger partial charge in [0.2, 0.25) is 5.91 Å². The average Bonchev–Trinajstić information content (AvgIpc) is 2.73. The summed E-state index contributed by atoms with van der Waals surface area (Å²) in [7, 11) is 0. The predicted octanol–water partition coefficient (Wildman–Crippen LogP) is 4.00. The summed E-state index contributed by atoms with van der Waals surface area (Å²) in [5.41, 5.74) is 2.05. The van der Waals surface area contributed by atoms with E-state index in [2.05, 4.69) is 10.6 Å². The molecule has 28 heavy (non-hydrogen) atoms. The standard InChI is InChI=1S/C23H21FN2O2/c24-20-13-7-8-17(14-20)16-25-22(27)15-21(18-9-3-1-4-10-18)26-23(28)19-11-5-2-6-12-19/h1-14,21H,15-16H2,(H,25,27)(H,26,28). The Morgan fingerprint density at radius 1 is 0.857 bits per heavy atom. The number of halogens is 1. The minimum atomic E-state index is -0.471. The average molecular weight is 376 g/mol. The van der Waals surface area contributed by atoms with Crippen LogP contribution in [0.2, 0.25) is 0 Å². The van der Waals surface area contributed by atoms with Gasteiger partial charge in [0.05, 0.1) is 12.5 Å². The van der Waals surface area contributed by atoms with Crippen LogP contribution in [-0.4, -0.2) is 11.8 Å². The van der Waals surface area contributed by atoms with Gasteiger partial charge in [-0.25, -0.2) is 4.39 Å². The van der Waals surface area contributed by atoms with Gasteiger partial charge in [-0.05, 0) is 35.4 Å². The van der Waals surface area contributed by atoms with Gasteiger partial charge in [0.25, 0.3) is 5.91 Å². The van der Waals surface area contributed by atoms with Crippen molar-refractivity contribution in [3.63, 3.8) is 0 Å². The Labute approximate surface area is 163 Å². The van der Waals surface area contributed by atoms with Crippen LogP contribution in [0.15, 0.2) is 84.9 Å². The summed E-state index contributed by atoms with van der Waals surface area (Å²) in [5, 5.41) is 5.71. The van der Waals surface area contributed by atoms with Gasteiger partial charge in [0, 0.05) is 12.1 Å². The molecule has 0 aliphatic heterocycles. The fourth-order valence-electron chi connectivity index (χ4n) is 2.87. The molecule has 3 aromatic rings. The fraction of sp³-hybridized carbons (Fsp3) is 0.130. The summed E-state index contributed by atoms with van der Waals surface area (Å²) in [6.45, 7) is 0.227. The third-order valence-corrected chi connectivity index (χ3v) is 4.31. The molecule has 1 unspecified atom stereocenters. The van der Waals surface area contributed by atoms with Crippen LogP contribution in [0.1, 0.15) is 33.9 Å². The van der Waals surface area contributed by atoms with Gasteiger partial charge < -0.3 is 10.6 Å². The Hall–Kier alpha value is -3.47. The summed E-state index contributed by atoms with van der Waals surface area (Å²) < 4.78 is 13.3. The molecular weight excluding hydrogens is 355 g/mol. The topological polar surface area (TPSA) is 58.2 Å². The second kappa shape index (κ2) is 9.46. The highest BCUT2D eigenvalue weighted by molar-refractivity contribution is 5.94. The highest BCUT2D eigenvalue weighted by Crippen LogP contribution is 2.17. The molecule has 2 amide bonds. The first-order chi connectivity index (χ1) is 13.6. The molecule has 0 aliphatic carbocycles. The van der Waals surface area contributed by atoms with E-state index in [9.17, 15) is 14.0 Å². The molecule has 5 heteroatoms. The van der Waals surface area contributed by atoms with E-state index in [4.69, 9.17) is 0 Å².